The van der Waals surface area contributed by atoms with Crippen LogP contribution in [0.25, 0.3) is 0 Å². The van der Waals surface area contributed by atoms with Crippen molar-refractivity contribution >= 4 is 37.8 Å². The molecule has 156 valence electrons. The number of benzene rings is 2. The van der Waals surface area contributed by atoms with Crippen molar-refractivity contribution in [1.82, 2.24) is 4.98 Å². The fourth-order valence-corrected chi connectivity index (χ4v) is 5.01. The van der Waals surface area contributed by atoms with Crippen LogP contribution in [-0.4, -0.2) is 38.5 Å². The first-order chi connectivity index (χ1) is 14.4. The Balaban J connectivity index is 1.47. The van der Waals surface area contributed by atoms with E-state index in [-0.39, 0.29) is 10.7 Å². The van der Waals surface area contributed by atoms with Crippen LogP contribution in [0.5, 0.6) is 0 Å². The van der Waals surface area contributed by atoms with Crippen molar-refractivity contribution in [3.05, 3.63) is 70.7 Å². The highest BCUT2D eigenvalue weighted by molar-refractivity contribution is 7.90. The van der Waals surface area contributed by atoms with Crippen LogP contribution in [0.1, 0.15) is 33.6 Å². The number of anilines is 2. The molecule has 30 heavy (non-hydrogen) atoms. The van der Waals surface area contributed by atoms with Crippen molar-refractivity contribution in [2.45, 2.75) is 24.3 Å². The summed E-state index contributed by atoms with van der Waals surface area (Å²) in [5, 5.41) is 3.98. The molecule has 1 fully saturated rings. The number of rotatable bonds is 7. The lowest BCUT2D eigenvalue weighted by Gasteiger charge is -2.21. The van der Waals surface area contributed by atoms with Crippen LogP contribution in [0.2, 0.25) is 0 Å². The maximum Gasteiger partial charge on any atom is 0.204 e. The summed E-state index contributed by atoms with van der Waals surface area (Å²) >= 11 is 1.27. The SMILES string of the molecule is CS(=O)(=O)c1cccc(C(=O)c2cnc(NCc3ccccc3N3CCCC3)s2)c1. The zero-order valence-corrected chi connectivity index (χ0v) is 18.3. The van der Waals surface area contributed by atoms with Gasteiger partial charge in [-0.05, 0) is 36.6 Å². The molecule has 1 aromatic heterocycles. The second-order valence-electron chi connectivity index (χ2n) is 7.34. The molecule has 0 radical (unpaired) electrons. The Morgan fingerprint density at radius 3 is 2.67 bits per heavy atom. The maximum atomic E-state index is 12.8. The first-order valence-electron chi connectivity index (χ1n) is 9.79. The zero-order chi connectivity index (χ0) is 21.1. The summed E-state index contributed by atoms with van der Waals surface area (Å²) in [5.41, 5.74) is 2.78. The molecule has 0 amide bonds. The molecule has 3 aromatic rings. The van der Waals surface area contributed by atoms with E-state index >= 15 is 0 Å². The number of nitrogens with one attached hydrogen (secondary N) is 1. The predicted octanol–water partition coefficient (Wildman–Crippen LogP) is 3.99. The first-order valence-corrected chi connectivity index (χ1v) is 12.5. The Bertz CT molecular complexity index is 1170. The lowest BCUT2D eigenvalue weighted by atomic mass is 10.1. The van der Waals surface area contributed by atoms with Crippen molar-refractivity contribution in [2.24, 2.45) is 0 Å². The van der Waals surface area contributed by atoms with Crippen LogP contribution in [0.4, 0.5) is 10.8 Å². The van der Waals surface area contributed by atoms with Gasteiger partial charge in [0, 0.05) is 37.1 Å². The number of hydrogen-bond donors (Lipinski definition) is 1. The number of para-hydroxylation sites is 1. The van der Waals surface area contributed by atoms with Crippen LogP contribution < -0.4 is 10.2 Å². The number of carbonyl (C=O) groups excluding carboxylic acids is 1. The summed E-state index contributed by atoms with van der Waals surface area (Å²) in [6.07, 6.45) is 5.11. The molecule has 4 rings (SSSR count). The third-order valence-electron chi connectivity index (χ3n) is 5.12. The number of thiazole rings is 1. The highest BCUT2D eigenvalue weighted by Gasteiger charge is 2.17. The highest BCUT2D eigenvalue weighted by atomic mass is 32.2. The van der Waals surface area contributed by atoms with Gasteiger partial charge >= 0.3 is 0 Å². The summed E-state index contributed by atoms with van der Waals surface area (Å²) in [6.45, 7) is 2.79. The van der Waals surface area contributed by atoms with Gasteiger partial charge in [-0.3, -0.25) is 4.79 Å². The minimum Gasteiger partial charge on any atom is -0.371 e. The van der Waals surface area contributed by atoms with Crippen molar-refractivity contribution in [1.29, 1.82) is 0 Å². The molecule has 1 saturated heterocycles. The van der Waals surface area contributed by atoms with Crippen LogP contribution in [0.3, 0.4) is 0 Å². The molecular formula is C22H23N3O3S2. The number of sulfone groups is 1. The van der Waals surface area contributed by atoms with Crippen LogP contribution in [0, 0.1) is 0 Å². The molecule has 0 unspecified atom stereocenters. The van der Waals surface area contributed by atoms with Crippen molar-refractivity contribution in [2.75, 3.05) is 29.6 Å². The molecule has 0 aliphatic carbocycles. The zero-order valence-electron chi connectivity index (χ0n) is 16.7. The molecule has 0 spiro atoms. The van der Waals surface area contributed by atoms with Crippen molar-refractivity contribution in [3.63, 3.8) is 0 Å². The molecule has 1 aliphatic heterocycles. The molecule has 8 heteroatoms. The van der Waals surface area contributed by atoms with Gasteiger partial charge in [0.25, 0.3) is 0 Å². The van der Waals surface area contributed by atoms with E-state index in [4.69, 9.17) is 0 Å². The first kappa shape index (κ1) is 20.6. The van der Waals surface area contributed by atoms with E-state index in [0.717, 1.165) is 19.3 Å². The fraction of sp³-hybridized carbons (Fsp3) is 0.273. The molecule has 0 bridgehead atoms. The second kappa shape index (κ2) is 8.57. The Morgan fingerprint density at radius 1 is 1.13 bits per heavy atom. The maximum absolute atomic E-state index is 12.8. The summed E-state index contributed by atoms with van der Waals surface area (Å²) in [4.78, 5) is 20.1. The summed E-state index contributed by atoms with van der Waals surface area (Å²) < 4.78 is 23.5. The molecule has 0 atom stereocenters. The monoisotopic (exact) mass is 441 g/mol. The van der Waals surface area contributed by atoms with E-state index in [1.807, 2.05) is 6.07 Å². The third kappa shape index (κ3) is 4.55. The van der Waals surface area contributed by atoms with E-state index in [1.165, 1.54) is 53.8 Å². The van der Waals surface area contributed by atoms with Gasteiger partial charge in [0.1, 0.15) is 0 Å². The van der Waals surface area contributed by atoms with Crippen molar-refractivity contribution < 1.29 is 13.2 Å². The van der Waals surface area contributed by atoms with Gasteiger partial charge < -0.3 is 10.2 Å². The summed E-state index contributed by atoms with van der Waals surface area (Å²) in [5.74, 6) is -0.233. The Morgan fingerprint density at radius 2 is 1.90 bits per heavy atom. The van der Waals surface area contributed by atoms with Gasteiger partial charge in [-0.1, -0.05) is 41.7 Å². The topological polar surface area (TPSA) is 79.4 Å². The lowest BCUT2D eigenvalue weighted by Crippen LogP contribution is -2.19. The van der Waals surface area contributed by atoms with Gasteiger partial charge in [-0.15, -0.1) is 0 Å². The molecular weight excluding hydrogens is 418 g/mol. The van der Waals surface area contributed by atoms with Crippen molar-refractivity contribution in [3.8, 4) is 0 Å². The van der Waals surface area contributed by atoms with Crippen LogP contribution >= 0.6 is 11.3 Å². The van der Waals surface area contributed by atoms with E-state index < -0.39 is 9.84 Å². The fourth-order valence-electron chi connectivity index (χ4n) is 3.57. The molecule has 6 nitrogen and oxygen atoms in total. The number of nitrogens with zero attached hydrogens (tertiary/aromatic N) is 2. The average Bonchev–Trinajstić information content (AvgIpc) is 3.44. The molecule has 2 aromatic carbocycles. The van der Waals surface area contributed by atoms with Gasteiger partial charge in [-0.25, -0.2) is 13.4 Å². The Hall–Kier alpha value is -2.71. The third-order valence-corrected chi connectivity index (χ3v) is 7.19. The van der Waals surface area contributed by atoms with Gasteiger partial charge in [0.05, 0.1) is 16.0 Å². The number of hydrogen-bond acceptors (Lipinski definition) is 7. The minimum atomic E-state index is -3.37. The minimum absolute atomic E-state index is 0.134. The number of aromatic nitrogens is 1. The van der Waals surface area contributed by atoms with E-state index in [9.17, 15) is 13.2 Å². The largest absolute Gasteiger partial charge is 0.371 e. The van der Waals surface area contributed by atoms with E-state index in [0.29, 0.717) is 22.1 Å². The molecule has 0 saturated carbocycles. The van der Waals surface area contributed by atoms with Crippen LogP contribution in [-0.2, 0) is 16.4 Å². The molecule has 2 heterocycles. The predicted molar refractivity (Wildman–Crippen MR) is 120 cm³/mol. The summed E-state index contributed by atoms with van der Waals surface area (Å²) in [6, 6.07) is 14.4. The average molecular weight is 442 g/mol. The second-order valence-corrected chi connectivity index (χ2v) is 10.4. The highest BCUT2D eigenvalue weighted by Crippen LogP contribution is 2.27. The van der Waals surface area contributed by atoms with Gasteiger partial charge in [0.15, 0.2) is 15.0 Å². The Kier molecular flexibility index (Phi) is 5.87. The van der Waals surface area contributed by atoms with Gasteiger partial charge in [-0.2, -0.15) is 0 Å². The van der Waals surface area contributed by atoms with Gasteiger partial charge in [0.2, 0.25) is 5.78 Å². The number of carbonyl (C=O) groups is 1. The Labute approximate surface area is 180 Å². The normalized spacial score (nSPS) is 14.1. The van der Waals surface area contributed by atoms with E-state index in [1.54, 1.807) is 12.1 Å². The van der Waals surface area contributed by atoms with E-state index in [2.05, 4.69) is 33.4 Å². The molecule has 1 aliphatic rings. The standard InChI is InChI=1S/C22H23N3O3S2/c1-30(27,28)18-9-6-8-16(13-18)21(26)20-15-24-22(29-20)23-14-17-7-2-3-10-19(17)25-11-4-5-12-25/h2-3,6-10,13,15H,4-5,11-12,14H2,1H3,(H,23,24). The molecule has 1 N–H and O–H groups in total. The quantitative estimate of drug-likeness (QED) is 0.559. The van der Waals surface area contributed by atoms with Crippen LogP contribution in [0.15, 0.2) is 59.6 Å². The summed E-state index contributed by atoms with van der Waals surface area (Å²) in [7, 11) is -3.37. The number of ketones is 1. The lowest BCUT2D eigenvalue weighted by molar-refractivity contribution is 0.104. The smallest absolute Gasteiger partial charge is 0.204 e.